The Morgan fingerprint density at radius 1 is 1.15 bits per heavy atom. The zero-order valence-electron chi connectivity index (χ0n) is 21.1. The molecule has 0 bridgehead atoms. The van der Waals surface area contributed by atoms with Gasteiger partial charge in [-0.25, -0.2) is 14.8 Å². The summed E-state index contributed by atoms with van der Waals surface area (Å²) in [5.41, 5.74) is 1.52. The second-order valence-electron chi connectivity index (χ2n) is 8.39. The van der Waals surface area contributed by atoms with Crippen molar-refractivity contribution in [1.29, 1.82) is 0 Å². The smallest absolute Gasteiger partial charge is 0.323 e. The predicted octanol–water partition coefficient (Wildman–Crippen LogP) is 6.24. The maximum atomic E-state index is 12.2. The summed E-state index contributed by atoms with van der Waals surface area (Å²) in [5.74, 6) is 0.998. The summed E-state index contributed by atoms with van der Waals surface area (Å²) in [6.07, 6.45) is 6.59. The number of nitrogens with zero attached hydrogens (tertiary/aromatic N) is 5. The van der Waals surface area contributed by atoms with Gasteiger partial charge >= 0.3 is 6.03 Å². The van der Waals surface area contributed by atoms with Crippen LogP contribution in [0.5, 0.6) is 0 Å². The Kier molecular flexibility index (Phi) is 9.86. The molecule has 3 aromatic rings. The van der Waals surface area contributed by atoms with Crippen LogP contribution < -0.4 is 15.5 Å². The van der Waals surface area contributed by atoms with Crippen LogP contribution >= 0.6 is 11.6 Å². The highest BCUT2D eigenvalue weighted by Gasteiger charge is 2.36. The Hall–Kier alpha value is -3.13. The monoisotopic (exact) mass is 485 g/mol. The van der Waals surface area contributed by atoms with E-state index in [4.69, 9.17) is 11.6 Å². The molecule has 2 aromatic heterocycles. The maximum Gasteiger partial charge on any atom is 0.323 e. The largest absolute Gasteiger partial charge is 0.346 e. The van der Waals surface area contributed by atoms with E-state index in [0.717, 1.165) is 11.4 Å². The SMILES string of the molecule is CC.CC(Nc1nccc(N2CC(C)(C)NC2=O)n1)c1cn(-c2ccc(Cl)cc2)cn1.CCC. The van der Waals surface area contributed by atoms with Crippen LogP contribution in [0.15, 0.2) is 49.1 Å². The van der Waals surface area contributed by atoms with Gasteiger partial charge in [-0.2, -0.15) is 4.98 Å². The molecular formula is C25H36ClN7O. The van der Waals surface area contributed by atoms with Crippen molar-refractivity contribution in [3.63, 3.8) is 0 Å². The molecule has 8 nitrogen and oxygen atoms in total. The van der Waals surface area contributed by atoms with E-state index in [2.05, 4.69) is 39.4 Å². The number of aromatic nitrogens is 4. The van der Waals surface area contributed by atoms with E-state index in [0.29, 0.717) is 23.3 Å². The lowest BCUT2D eigenvalue weighted by molar-refractivity contribution is 0.248. The molecule has 1 aromatic carbocycles. The molecule has 0 radical (unpaired) electrons. The van der Waals surface area contributed by atoms with Crippen molar-refractivity contribution >= 4 is 29.4 Å². The predicted molar refractivity (Wildman–Crippen MR) is 140 cm³/mol. The zero-order valence-corrected chi connectivity index (χ0v) is 21.9. The molecule has 1 unspecified atom stereocenters. The number of imidazole rings is 1. The highest BCUT2D eigenvalue weighted by molar-refractivity contribution is 6.30. The van der Waals surface area contributed by atoms with Gasteiger partial charge in [-0.1, -0.05) is 45.7 Å². The third-order valence-electron chi connectivity index (χ3n) is 4.68. The Morgan fingerprint density at radius 2 is 1.79 bits per heavy atom. The van der Waals surface area contributed by atoms with Crippen molar-refractivity contribution in [3.8, 4) is 5.69 Å². The van der Waals surface area contributed by atoms with Crippen molar-refractivity contribution in [2.45, 2.75) is 66.5 Å². The van der Waals surface area contributed by atoms with Gasteiger partial charge in [0.2, 0.25) is 5.95 Å². The number of halogens is 1. The summed E-state index contributed by atoms with van der Waals surface area (Å²) >= 11 is 5.95. The summed E-state index contributed by atoms with van der Waals surface area (Å²) in [6, 6.07) is 8.99. The maximum absolute atomic E-state index is 12.2. The minimum Gasteiger partial charge on any atom is -0.346 e. The number of urea groups is 1. The van der Waals surface area contributed by atoms with Gasteiger partial charge in [-0.3, -0.25) is 4.90 Å². The molecule has 184 valence electrons. The van der Waals surface area contributed by atoms with E-state index in [9.17, 15) is 4.79 Å². The fraction of sp³-hybridized carbons (Fsp3) is 0.440. The van der Waals surface area contributed by atoms with E-state index >= 15 is 0 Å². The standard InChI is InChI=1S/C20H22ClN7O.C3H8.C2H6/c1-13(16-10-27(12-23-16)15-6-4-14(21)5-7-15)24-18-22-9-8-17(25-18)28-11-20(2,3)26-19(28)29;1-3-2;1-2/h4-10,12-13H,11H2,1-3H3,(H,26,29)(H,22,24,25);3H2,1-2H3;1-2H3. The molecule has 0 saturated carbocycles. The number of carbonyl (C=O) groups excluding carboxylic acids is 1. The summed E-state index contributed by atoms with van der Waals surface area (Å²) in [4.78, 5) is 27.1. The Morgan fingerprint density at radius 3 is 2.38 bits per heavy atom. The number of anilines is 2. The Balaban J connectivity index is 0.000000758. The van der Waals surface area contributed by atoms with Gasteiger partial charge in [-0.05, 0) is 51.1 Å². The van der Waals surface area contributed by atoms with Crippen molar-refractivity contribution in [2.75, 3.05) is 16.8 Å². The molecular weight excluding hydrogens is 450 g/mol. The third kappa shape index (κ3) is 7.18. The average Bonchev–Trinajstić information content (AvgIpc) is 3.40. The molecule has 0 spiro atoms. The first-order valence-corrected chi connectivity index (χ1v) is 12.1. The molecule has 1 aliphatic rings. The van der Waals surface area contributed by atoms with Crippen LogP contribution in [0, 0.1) is 0 Å². The average molecular weight is 486 g/mol. The fourth-order valence-corrected chi connectivity index (χ4v) is 3.33. The lowest BCUT2D eigenvalue weighted by Gasteiger charge is -2.18. The van der Waals surface area contributed by atoms with Crippen molar-refractivity contribution < 1.29 is 4.79 Å². The van der Waals surface area contributed by atoms with Crippen molar-refractivity contribution in [3.05, 3.63) is 59.8 Å². The zero-order chi connectivity index (χ0) is 25.3. The van der Waals surface area contributed by atoms with E-state index in [1.54, 1.807) is 23.5 Å². The second kappa shape index (κ2) is 12.4. The number of carbonyl (C=O) groups is 1. The van der Waals surface area contributed by atoms with Gasteiger partial charge in [0.1, 0.15) is 5.82 Å². The van der Waals surface area contributed by atoms with Crippen LogP contribution in [-0.2, 0) is 0 Å². The molecule has 1 aliphatic heterocycles. The molecule has 9 heteroatoms. The third-order valence-corrected chi connectivity index (χ3v) is 4.93. The summed E-state index contributed by atoms with van der Waals surface area (Å²) in [5, 5.41) is 6.88. The van der Waals surface area contributed by atoms with E-state index in [-0.39, 0.29) is 17.6 Å². The lowest BCUT2D eigenvalue weighted by Crippen LogP contribution is -2.36. The van der Waals surface area contributed by atoms with Crippen LogP contribution in [0.4, 0.5) is 16.6 Å². The minimum atomic E-state index is -0.294. The second-order valence-corrected chi connectivity index (χ2v) is 8.83. The molecule has 2 amide bonds. The van der Waals surface area contributed by atoms with Crippen molar-refractivity contribution in [1.82, 2.24) is 24.8 Å². The summed E-state index contributed by atoms with van der Waals surface area (Å²) < 4.78 is 1.93. The van der Waals surface area contributed by atoms with Gasteiger partial charge in [0.25, 0.3) is 0 Å². The number of hydrogen-bond acceptors (Lipinski definition) is 5. The van der Waals surface area contributed by atoms with E-state index in [1.165, 1.54) is 6.42 Å². The van der Waals surface area contributed by atoms with Crippen LogP contribution in [-0.4, -0.2) is 37.6 Å². The van der Waals surface area contributed by atoms with Gasteiger partial charge < -0.3 is 15.2 Å². The Labute approximate surface area is 207 Å². The van der Waals surface area contributed by atoms with E-state index in [1.807, 2.05) is 69.6 Å². The first kappa shape index (κ1) is 27.1. The first-order chi connectivity index (χ1) is 16.2. The first-order valence-electron chi connectivity index (χ1n) is 11.7. The van der Waals surface area contributed by atoms with Crippen LogP contribution in [0.3, 0.4) is 0 Å². The molecule has 1 fully saturated rings. The van der Waals surface area contributed by atoms with Gasteiger partial charge in [0.15, 0.2) is 0 Å². The molecule has 2 N–H and O–H groups in total. The number of rotatable bonds is 5. The van der Waals surface area contributed by atoms with Crippen LogP contribution in [0.1, 0.15) is 66.6 Å². The lowest BCUT2D eigenvalue weighted by atomic mass is 10.1. The number of hydrogen-bond donors (Lipinski definition) is 2. The molecule has 3 heterocycles. The quantitative estimate of drug-likeness (QED) is 0.446. The minimum absolute atomic E-state index is 0.123. The summed E-state index contributed by atoms with van der Waals surface area (Å²) in [7, 11) is 0. The van der Waals surface area contributed by atoms with Gasteiger partial charge in [-0.15, -0.1) is 0 Å². The normalized spacial score (nSPS) is 14.8. The molecule has 34 heavy (non-hydrogen) atoms. The fourth-order valence-electron chi connectivity index (χ4n) is 3.20. The number of nitrogens with one attached hydrogen (secondary N) is 2. The number of amides is 2. The van der Waals surface area contributed by atoms with Crippen molar-refractivity contribution in [2.24, 2.45) is 0 Å². The summed E-state index contributed by atoms with van der Waals surface area (Å²) in [6.45, 7) is 14.7. The van der Waals surface area contributed by atoms with Crippen LogP contribution in [0.2, 0.25) is 5.02 Å². The highest BCUT2D eigenvalue weighted by atomic mass is 35.5. The van der Waals surface area contributed by atoms with Crippen LogP contribution in [0.25, 0.3) is 5.69 Å². The van der Waals surface area contributed by atoms with E-state index < -0.39 is 0 Å². The highest BCUT2D eigenvalue weighted by Crippen LogP contribution is 2.23. The Bertz CT molecular complexity index is 1050. The molecule has 1 saturated heterocycles. The van der Waals surface area contributed by atoms with Gasteiger partial charge in [0, 0.05) is 23.1 Å². The molecule has 4 rings (SSSR count). The number of benzene rings is 1. The molecule has 1 atom stereocenters. The van der Waals surface area contributed by atoms with Gasteiger partial charge in [0.05, 0.1) is 30.1 Å². The topological polar surface area (TPSA) is 88.0 Å². The molecule has 0 aliphatic carbocycles.